The van der Waals surface area contributed by atoms with Crippen LogP contribution in [0, 0.1) is 34.5 Å². The van der Waals surface area contributed by atoms with Gasteiger partial charge in [-0.25, -0.2) is 0 Å². The van der Waals surface area contributed by atoms with Crippen molar-refractivity contribution in [2.24, 2.45) is 34.5 Å². The van der Waals surface area contributed by atoms with Gasteiger partial charge >= 0.3 is 5.97 Å². The summed E-state index contributed by atoms with van der Waals surface area (Å²) in [4.78, 5) is 24.4. The van der Waals surface area contributed by atoms with E-state index >= 15 is 0 Å². The van der Waals surface area contributed by atoms with E-state index in [0.717, 1.165) is 50.5 Å². The molecule has 1 heterocycles. The summed E-state index contributed by atoms with van der Waals surface area (Å²) in [7, 11) is 0. The summed E-state index contributed by atoms with van der Waals surface area (Å²) in [5.41, 5.74) is 0.0902. The van der Waals surface area contributed by atoms with Crippen molar-refractivity contribution in [1.29, 1.82) is 0 Å². The molecule has 0 aromatic heterocycles. The van der Waals surface area contributed by atoms with E-state index in [4.69, 9.17) is 4.74 Å². The van der Waals surface area contributed by atoms with E-state index in [1.807, 2.05) is 0 Å². The fourth-order valence-corrected chi connectivity index (χ4v) is 8.04. The second-order valence-corrected chi connectivity index (χ2v) is 10.5. The topological polar surface area (TPSA) is 55.4 Å². The van der Waals surface area contributed by atoms with E-state index in [1.165, 1.54) is 25.7 Å². The molecule has 0 aromatic carbocycles. The van der Waals surface area contributed by atoms with E-state index in [2.05, 4.69) is 19.2 Å². The predicted octanol–water partition coefficient (Wildman–Crippen LogP) is 3.48. The van der Waals surface area contributed by atoms with Gasteiger partial charge in [-0.3, -0.25) is 9.59 Å². The number of hydrogen-bond acceptors (Lipinski definition) is 4. The number of ether oxygens (including phenoxy) is 1. The third kappa shape index (κ3) is 2.23. The Labute approximate surface area is 156 Å². The molecule has 1 saturated heterocycles. The minimum absolute atomic E-state index is 0.0247. The Hall–Kier alpha value is -0.900. The largest absolute Gasteiger partial charge is 0.457 e. The average Bonchev–Trinajstić information content (AvgIpc) is 2.91. The number of fused-ring (bicyclic) bond motifs is 5. The van der Waals surface area contributed by atoms with Crippen LogP contribution in [0.1, 0.15) is 71.6 Å². The molecule has 1 spiro atoms. The van der Waals surface area contributed by atoms with Crippen molar-refractivity contribution in [2.75, 3.05) is 13.1 Å². The first kappa shape index (κ1) is 17.2. The van der Waals surface area contributed by atoms with E-state index in [1.54, 1.807) is 0 Å². The first-order chi connectivity index (χ1) is 12.4. The first-order valence-corrected chi connectivity index (χ1v) is 10.8. The van der Waals surface area contributed by atoms with Gasteiger partial charge in [0.05, 0.1) is 6.54 Å². The molecule has 0 aromatic rings. The number of morpholine rings is 1. The molecular weight excluding hydrogens is 326 g/mol. The van der Waals surface area contributed by atoms with Crippen LogP contribution >= 0.6 is 0 Å². The highest BCUT2D eigenvalue weighted by Crippen LogP contribution is 2.66. The zero-order chi connectivity index (χ0) is 18.2. The smallest absolute Gasteiger partial charge is 0.320 e. The molecule has 0 amide bonds. The molecule has 5 fully saturated rings. The number of ketones is 1. The van der Waals surface area contributed by atoms with Crippen LogP contribution in [-0.2, 0) is 14.3 Å². The van der Waals surface area contributed by atoms with E-state index < -0.39 is 0 Å². The maximum atomic E-state index is 12.5. The van der Waals surface area contributed by atoms with Gasteiger partial charge in [0, 0.05) is 18.4 Å². The van der Waals surface area contributed by atoms with Gasteiger partial charge in [0.2, 0.25) is 0 Å². The lowest BCUT2D eigenvalue weighted by molar-refractivity contribution is -0.188. The molecule has 144 valence electrons. The molecule has 0 unspecified atom stereocenters. The fourth-order valence-electron chi connectivity index (χ4n) is 8.04. The molecular formula is C22H33NO3. The van der Waals surface area contributed by atoms with E-state index in [0.29, 0.717) is 29.6 Å². The normalized spacial score (nSPS) is 53.6. The van der Waals surface area contributed by atoms with Gasteiger partial charge in [-0.2, -0.15) is 0 Å². The Morgan fingerprint density at radius 3 is 2.65 bits per heavy atom. The summed E-state index contributed by atoms with van der Waals surface area (Å²) in [6.07, 6.45) is 10.00. The number of esters is 1. The highest BCUT2D eigenvalue weighted by Gasteiger charge is 2.62. The lowest BCUT2D eigenvalue weighted by atomic mass is 9.44. The van der Waals surface area contributed by atoms with Crippen molar-refractivity contribution in [2.45, 2.75) is 77.2 Å². The summed E-state index contributed by atoms with van der Waals surface area (Å²) >= 11 is 0. The molecule has 4 heteroatoms. The Balaban J connectivity index is 1.39. The van der Waals surface area contributed by atoms with Crippen LogP contribution in [0.5, 0.6) is 0 Å². The van der Waals surface area contributed by atoms with E-state index in [-0.39, 0.29) is 17.0 Å². The Bertz CT molecular complexity index is 647. The molecule has 26 heavy (non-hydrogen) atoms. The zero-order valence-electron chi connectivity index (χ0n) is 16.3. The maximum Gasteiger partial charge on any atom is 0.320 e. The third-order valence-corrected chi connectivity index (χ3v) is 9.56. The minimum atomic E-state index is -0.251. The quantitative estimate of drug-likeness (QED) is 0.673. The SMILES string of the molecule is C[C@]12CC[C@]3(CNCC(=O)O3)C[C@@H]1CC[C@@H]1[C@@H]2CC[C@]2(C)C(=O)CC[C@@H]12. The van der Waals surface area contributed by atoms with Crippen molar-refractivity contribution < 1.29 is 14.3 Å². The summed E-state index contributed by atoms with van der Waals surface area (Å²) in [5.74, 6) is 3.24. The molecule has 0 bridgehead atoms. The van der Waals surface area contributed by atoms with Crippen molar-refractivity contribution in [3.05, 3.63) is 0 Å². The molecule has 1 N–H and O–H groups in total. The summed E-state index contributed by atoms with van der Waals surface area (Å²) in [5, 5.41) is 3.29. The van der Waals surface area contributed by atoms with Gasteiger partial charge in [-0.05, 0) is 80.5 Å². The number of hydrogen-bond donors (Lipinski definition) is 1. The lowest BCUT2D eigenvalue weighted by Crippen LogP contribution is -2.60. The second-order valence-electron chi connectivity index (χ2n) is 10.5. The van der Waals surface area contributed by atoms with Gasteiger partial charge in [-0.1, -0.05) is 13.8 Å². The van der Waals surface area contributed by atoms with Crippen molar-refractivity contribution in [1.82, 2.24) is 5.32 Å². The second kappa shape index (κ2) is 5.56. The molecule has 4 aliphatic carbocycles. The molecule has 0 radical (unpaired) electrons. The number of carbonyl (C=O) groups excluding carboxylic acids is 2. The van der Waals surface area contributed by atoms with Gasteiger partial charge in [0.1, 0.15) is 11.4 Å². The predicted molar refractivity (Wildman–Crippen MR) is 98.4 cm³/mol. The minimum Gasteiger partial charge on any atom is -0.457 e. The maximum absolute atomic E-state index is 12.5. The molecule has 5 aliphatic rings. The van der Waals surface area contributed by atoms with Crippen molar-refractivity contribution in [3.8, 4) is 0 Å². The summed E-state index contributed by atoms with van der Waals surface area (Å²) in [6.45, 7) is 5.98. The molecule has 5 rings (SSSR count). The highest BCUT2D eigenvalue weighted by atomic mass is 16.6. The number of nitrogens with one attached hydrogen (secondary N) is 1. The average molecular weight is 360 g/mol. The highest BCUT2D eigenvalue weighted by molar-refractivity contribution is 5.87. The van der Waals surface area contributed by atoms with Gasteiger partial charge in [-0.15, -0.1) is 0 Å². The standard InChI is InChI=1S/C22H33NO3/c1-20-9-10-22(13-23-12-19(25)26-22)11-14(20)3-4-15-16-5-6-18(24)21(16,2)8-7-17(15)20/h14-17,23H,3-13H2,1-2H3/t14-,15-,16-,17-,20-,21-,22+/m0/s1. The van der Waals surface area contributed by atoms with E-state index in [9.17, 15) is 9.59 Å². The number of Topliss-reactive ketones (excluding diaryl/α,β-unsaturated/α-hetero) is 1. The van der Waals surface area contributed by atoms with Crippen LogP contribution in [0.2, 0.25) is 0 Å². The fraction of sp³-hybridized carbons (Fsp3) is 0.909. The van der Waals surface area contributed by atoms with Crippen LogP contribution < -0.4 is 5.32 Å². The van der Waals surface area contributed by atoms with Crippen LogP contribution in [-0.4, -0.2) is 30.4 Å². The summed E-state index contributed by atoms with van der Waals surface area (Å²) < 4.78 is 5.90. The monoisotopic (exact) mass is 359 g/mol. The van der Waals surface area contributed by atoms with Gasteiger partial charge < -0.3 is 10.1 Å². The summed E-state index contributed by atoms with van der Waals surface area (Å²) in [6, 6.07) is 0. The number of carbonyl (C=O) groups is 2. The van der Waals surface area contributed by atoms with Crippen molar-refractivity contribution >= 4 is 11.8 Å². The molecule has 4 nitrogen and oxygen atoms in total. The molecule has 1 aliphatic heterocycles. The molecule has 4 saturated carbocycles. The Kier molecular flexibility index (Phi) is 3.68. The Morgan fingerprint density at radius 1 is 1.00 bits per heavy atom. The zero-order valence-corrected chi connectivity index (χ0v) is 16.3. The van der Waals surface area contributed by atoms with Crippen LogP contribution in [0.15, 0.2) is 0 Å². The van der Waals surface area contributed by atoms with Crippen LogP contribution in [0.4, 0.5) is 0 Å². The van der Waals surface area contributed by atoms with Crippen molar-refractivity contribution in [3.63, 3.8) is 0 Å². The first-order valence-electron chi connectivity index (χ1n) is 10.8. The Morgan fingerprint density at radius 2 is 1.85 bits per heavy atom. The lowest BCUT2D eigenvalue weighted by Gasteiger charge is -2.62. The molecule has 7 atom stereocenters. The third-order valence-electron chi connectivity index (χ3n) is 9.56. The van der Waals surface area contributed by atoms with Gasteiger partial charge in [0.15, 0.2) is 0 Å². The van der Waals surface area contributed by atoms with Crippen LogP contribution in [0.25, 0.3) is 0 Å². The van der Waals surface area contributed by atoms with Crippen LogP contribution in [0.3, 0.4) is 0 Å². The number of rotatable bonds is 0. The van der Waals surface area contributed by atoms with Gasteiger partial charge in [0.25, 0.3) is 0 Å².